The fourth-order valence-corrected chi connectivity index (χ4v) is 3.75. The molecule has 21 heavy (non-hydrogen) atoms. The summed E-state index contributed by atoms with van der Waals surface area (Å²) < 4.78 is 29.0. The van der Waals surface area contributed by atoms with Crippen LogP contribution in [0.4, 0.5) is 8.78 Å². The maximum Gasteiger partial charge on any atom is 0.387 e. The number of hydrogen-bond acceptors (Lipinski definition) is 3. The van der Waals surface area contributed by atoms with Gasteiger partial charge >= 0.3 is 6.61 Å². The quantitative estimate of drug-likeness (QED) is 0.828. The van der Waals surface area contributed by atoms with Crippen molar-refractivity contribution in [2.45, 2.75) is 56.6 Å². The van der Waals surface area contributed by atoms with Gasteiger partial charge in [0.2, 0.25) is 0 Å². The van der Waals surface area contributed by atoms with Crippen LogP contribution in [0.15, 0.2) is 24.3 Å². The molecule has 1 saturated carbocycles. The molecule has 0 radical (unpaired) electrons. The van der Waals surface area contributed by atoms with Crippen LogP contribution < -0.4 is 10.1 Å². The van der Waals surface area contributed by atoms with Crippen LogP contribution >= 0.6 is 11.8 Å². The second-order valence-corrected chi connectivity index (χ2v) is 6.70. The van der Waals surface area contributed by atoms with E-state index in [1.807, 2.05) is 17.8 Å². The minimum Gasteiger partial charge on any atom is -0.435 e. The fraction of sp³-hybridized carbons (Fsp3) is 0.625. The third kappa shape index (κ3) is 5.15. The van der Waals surface area contributed by atoms with Crippen LogP contribution in [-0.2, 0) is 0 Å². The van der Waals surface area contributed by atoms with Gasteiger partial charge < -0.3 is 10.1 Å². The molecule has 0 saturated heterocycles. The Labute approximate surface area is 129 Å². The first-order valence-electron chi connectivity index (χ1n) is 7.42. The van der Waals surface area contributed by atoms with E-state index >= 15 is 0 Å². The third-order valence-electron chi connectivity index (χ3n) is 4.03. The summed E-state index contributed by atoms with van der Waals surface area (Å²) in [6.45, 7) is -0.700. The van der Waals surface area contributed by atoms with E-state index < -0.39 is 6.61 Å². The zero-order valence-electron chi connectivity index (χ0n) is 12.5. The van der Waals surface area contributed by atoms with Gasteiger partial charge in [0.15, 0.2) is 0 Å². The van der Waals surface area contributed by atoms with Crippen LogP contribution in [0.25, 0.3) is 0 Å². The molecule has 1 fully saturated rings. The standard InChI is InChI=1S/C16H23F2NOS/c1-11(19-13-6-4-8-15(10-13)21-2)12-5-3-7-14(9-12)20-16(17)18/h3,5,7,9,11,13,15-16,19H,4,6,8,10H2,1-2H3. The molecule has 3 unspecified atom stereocenters. The summed E-state index contributed by atoms with van der Waals surface area (Å²) in [4.78, 5) is 0. The number of hydrogen-bond donors (Lipinski definition) is 1. The molecule has 2 nitrogen and oxygen atoms in total. The second kappa shape index (κ2) is 7.99. The Kier molecular flexibility index (Phi) is 6.30. The number of benzene rings is 1. The molecule has 1 N–H and O–H groups in total. The third-order valence-corrected chi connectivity index (χ3v) is 5.12. The molecule has 0 spiro atoms. The molecule has 2 rings (SSSR count). The lowest BCUT2D eigenvalue weighted by atomic mass is 9.93. The zero-order valence-corrected chi connectivity index (χ0v) is 13.3. The Balaban J connectivity index is 1.94. The Morgan fingerprint density at radius 1 is 1.33 bits per heavy atom. The van der Waals surface area contributed by atoms with E-state index in [4.69, 9.17) is 0 Å². The molecule has 1 aromatic carbocycles. The van der Waals surface area contributed by atoms with Gasteiger partial charge in [-0.2, -0.15) is 20.5 Å². The van der Waals surface area contributed by atoms with E-state index in [0.717, 1.165) is 10.8 Å². The number of thioether (sulfide) groups is 1. The summed E-state index contributed by atoms with van der Waals surface area (Å²) in [6, 6.07) is 7.61. The minimum atomic E-state index is -2.77. The van der Waals surface area contributed by atoms with E-state index in [0.29, 0.717) is 6.04 Å². The lowest BCUT2D eigenvalue weighted by Crippen LogP contribution is -2.36. The molecule has 0 amide bonds. The highest BCUT2D eigenvalue weighted by Crippen LogP contribution is 2.29. The van der Waals surface area contributed by atoms with Crippen LogP contribution in [0.1, 0.15) is 44.2 Å². The highest BCUT2D eigenvalue weighted by Gasteiger charge is 2.22. The van der Waals surface area contributed by atoms with Gasteiger partial charge in [-0.3, -0.25) is 0 Å². The first kappa shape index (κ1) is 16.6. The SMILES string of the molecule is CSC1CCCC(NC(C)c2cccc(OC(F)F)c2)C1. The number of alkyl halides is 2. The van der Waals surface area contributed by atoms with Gasteiger partial charge in [0.1, 0.15) is 5.75 Å². The maximum atomic E-state index is 12.3. The zero-order chi connectivity index (χ0) is 15.2. The Morgan fingerprint density at radius 3 is 2.86 bits per heavy atom. The largest absolute Gasteiger partial charge is 0.435 e. The van der Waals surface area contributed by atoms with Gasteiger partial charge in [0.05, 0.1) is 0 Å². The minimum absolute atomic E-state index is 0.136. The number of ether oxygens (including phenoxy) is 1. The molecule has 3 atom stereocenters. The fourth-order valence-electron chi connectivity index (χ4n) is 2.92. The van der Waals surface area contributed by atoms with Crippen LogP contribution in [-0.4, -0.2) is 24.2 Å². The molecule has 1 aliphatic rings. The van der Waals surface area contributed by atoms with Gasteiger partial charge in [-0.25, -0.2) is 0 Å². The highest BCUT2D eigenvalue weighted by molar-refractivity contribution is 7.99. The topological polar surface area (TPSA) is 21.3 Å². The molecule has 0 aliphatic heterocycles. The summed E-state index contributed by atoms with van der Waals surface area (Å²) in [5, 5.41) is 4.36. The van der Waals surface area contributed by atoms with Crippen LogP contribution in [0.2, 0.25) is 0 Å². The first-order chi connectivity index (χ1) is 10.1. The number of nitrogens with one attached hydrogen (secondary N) is 1. The van der Waals surface area contributed by atoms with Gasteiger partial charge in [-0.05, 0) is 50.1 Å². The van der Waals surface area contributed by atoms with Crippen molar-refractivity contribution in [3.63, 3.8) is 0 Å². The van der Waals surface area contributed by atoms with Crippen molar-refractivity contribution in [1.82, 2.24) is 5.32 Å². The lowest BCUT2D eigenvalue weighted by molar-refractivity contribution is -0.0499. The summed E-state index contributed by atoms with van der Waals surface area (Å²) in [7, 11) is 0. The molecule has 1 aromatic rings. The van der Waals surface area contributed by atoms with E-state index in [1.165, 1.54) is 25.7 Å². The van der Waals surface area contributed by atoms with Crippen LogP contribution in [0.5, 0.6) is 5.75 Å². The van der Waals surface area contributed by atoms with Gasteiger partial charge in [0.25, 0.3) is 0 Å². The van der Waals surface area contributed by atoms with Crippen molar-refractivity contribution >= 4 is 11.8 Å². The predicted molar refractivity (Wildman–Crippen MR) is 84.2 cm³/mol. The Bertz CT molecular complexity index is 444. The second-order valence-electron chi connectivity index (χ2n) is 5.56. The molecule has 118 valence electrons. The van der Waals surface area contributed by atoms with E-state index in [-0.39, 0.29) is 11.8 Å². The summed E-state index contributed by atoms with van der Waals surface area (Å²) in [5.74, 6) is 0.224. The van der Waals surface area contributed by atoms with Crippen molar-refractivity contribution < 1.29 is 13.5 Å². The van der Waals surface area contributed by atoms with E-state index in [1.54, 1.807) is 18.2 Å². The lowest BCUT2D eigenvalue weighted by Gasteiger charge is -2.31. The van der Waals surface area contributed by atoms with E-state index in [2.05, 4.69) is 23.2 Å². The average Bonchev–Trinajstić information content (AvgIpc) is 2.47. The molecule has 0 bridgehead atoms. The molecule has 5 heteroatoms. The Morgan fingerprint density at radius 2 is 2.14 bits per heavy atom. The average molecular weight is 315 g/mol. The molecule has 0 heterocycles. The summed E-state index contributed by atoms with van der Waals surface area (Å²) in [5.41, 5.74) is 0.986. The molecular formula is C16H23F2NOS. The van der Waals surface area contributed by atoms with Gasteiger partial charge in [-0.1, -0.05) is 18.6 Å². The van der Waals surface area contributed by atoms with E-state index in [9.17, 15) is 8.78 Å². The molecular weight excluding hydrogens is 292 g/mol. The monoisotopic (exact) mass is 315 g/mol. The predicted octanol–water partition coefficient (Wildman–Crippen LogP) is 4.61. The first-order valence-corrected chi connectivity index (χ1v) is 8.71. The van der Waals surface area contributed by atoms with Crippen molar-refractivity contribution in [3.8, 4) is 5.75 Å². The summed E-state index contributed by atoms with van der Waals surface area (Å²) >= 11 is 1.94. The summed E-state index contributed by atoms with van der Waals surface area (Å²) in [6.07, 6.45) is 7.09. The number of rotatable bonds is 6. The van der Waals surface area contributed by atoms with Gasteiger partial charge in [0, 0.05) is 17.3 Å². The van der Waals surface area contributed by atoms with Gasteiger partial charge in [-0.15, -0.1) is 0 Å². The maximum absolute atomic E-state index is 12.3. The molecule has 0 aromatic heterocycles. The highest BCUT2D eigenvalue weighted by atomic mass is 32.2. The smallest absolute Gasteiger partial charge is 0.387 e. The van der Waals surface area contributed by atoms with Crippen molar-refractivity contribution in [1.29, 1.82) is 0 Å². The van der Waals surface area contributed by atoms with Crippen LogP contribution in [0.3, 0.4) is 0 Å². The number of halogens is 2. The van der Waals surface area contributed by atoms with Crippen molar-refractivity contribution in [2.24, 2.45) is 0 Å². The van der Waals surface area contributed by atoms with Crippen molar-refractivity contribution in [3.05, 3.63) is 29.8 Å². The van der Waals surface area contributed by atoms with Crippen LogP contribution in [0, 0.1) is 0 Å². The molecule has 1 aliphatic carbocycles. The Hall–Kier alpha value is -0.810. The van der Waals surface area contributed by atoms with Crippen molar-refractivity contribution in [2.75, 3.05) is 6.26 Å². The normalized spacial score (nSPS) is 24.0.